The highest BCUT2D eigenvalue weighted by Crippen LogP contribution is 2.44. The van der Waals surface area contributed by atoms with E-state index in [9.17, 15) is 14.7 Å². The van der Waals surface area contributed by atoms with Gasteiger partial charge in [-0.15, -0.1) is 0 Å². The molecule has 3 fully saturated rings. The molecule has 3 heterocycles. The number of anilines is 1. The third-order valence-electron chi connectivity index (χ3n) is 5.61. The van der Waals surface area contributed by atoms with Crippen LogP contribution in [-0.4, -0.2) is 60.3 Å². The third-order valence-corrected chi connectivity index (χ3v) is 5.84. The van der Waals surface area contributed by atoms with E-state index in [2.05, 4.69) is 4.90 Å². The van der Waals surface area contributed by atoms with Gasteiger partial charge in [-0.3, -0.25) is 9.59 Å². The first-order chi connectivity index (χ1) is 12.0. The van der Waals surface area contributed by atoms with E-state index < -0.39 is 17.8 Å². The molecule has 0 saturated carbocycles. The Hall–Kier alpha value is -1.79. The molecule has 3 saturated heterocycles. The molecule has 0 spiro atoms. The lowest BCUT2D eigenvalue weighted by molar-refractivity contribution is -0.151. The van der Waals surface area contributed by atoms with E-state index in [1.165, 1.54) is 0 Å². The number of nitrogens with zero attached hydrogens (tertiary/aromatic N) is 2. The van der Waals surface area contributed by atoms with Gasteiger partial charge in [-0.25, -0.2) is 0 Å². The van der Waals surface area contributed by atoms with Crippen molar-refractivity contribution < 1.29 is 19.4 Å². The Bertz CT molecular complexity index is 689. The van der Waals surface area contributed by atoms with Crippen LogP contribution in [0.25, 0.3) is 0 Å². The quantitative estimate of drug-likeness (QED) is 0.886. The summed E-state index contributed by atoms with van der Waals surface area (Å²) in [4.78, 5) is 28.5. The molecule has 3 aliphatic heterocycles. The van der Waals surface area contributed by atoms with E-state index >= 15 is 0 Å². The van der Waals surface area contributed by atoms with Gasteiger partial charge >= 0.3 is 5.97 Å². The predicted molar refractivity (Wildman–Crippen MR) is 92.8 cm³/mol. The summed E-state index contributed by atoms with van der Waals surface area (Å²) in [6.07, 6.45) is 0.996. The fraction of sp³-hybridized carbons (Fsp3) is 0.556. The van der Waals surface area contributed by atoms with Crippen LogP contribution in [0.1, 0.15) is 12.8 Å². The van der Waals surface area contributed by atoms with Crippen molar-refractivity contribution in [1.29, 1.82) is 0 Å². The van der Waals surface area contributed by atoms with Crippen molar-refractivity contribution >= 4 is 29.2 Å². The number of hydrogen-bond acceptors (Lipinski definition) is 4. The second kappa shape index (κ2) is 6.50. The van der Waals surface area contributed by atoms with Crippen LogP contribution in [0.15, 0.2) is 24.3 Å². The molecule has 2 bridgehead atoms. The molecule has 0 radical (unpaired) electrons. The summed E-state index contributed by atoms with van der Waals surface area (Å²) in [5, 5.41) is 10.2. The number of rotatable bonds is 3. The van der Waals surface area contributed by atoms with Gasteiger partial charge < -0.3 is 19.6 Å². The number of carboxylic acid groups (broad SMARTS) is 1. The molecule has 3 aliphatic rings. The Labute approximate surface area is 151 Å². The second-order valence-electron chi connectivity index (χ2n) is 6.97. The lowest BCUT2D eigenvalue weighted by Crippen LogP contribution is -2.53. The van der Waals surface area contributed by atoms with Gasteiger partial charge in [0.2, 0.25) is 5.91 Å². The van der Waals surface area contributed by atoms with Crippen molar-refractivity contribution in [3.05, 3.63) is 29.3 Å². The van der Waals surface area contributed by atoms with Crippen molar-refractivity contribution in [3.8, 4) is 0 Å². The number of aliphatic carboxylic acids is 1. The number of fused-ring (bicyclic) bond motifs is 2. The zero-order chi connectivity index (χ0) is 17.6. The van der Waals surface area contributed by atoms with Crippen LogP contribution in [0, 0.1) is 11.8 Å². The summed E-state index contributed by atoms with van der Waals surface area (Å²) in [5.41, 5.74) is 1.05. The summed E-state index contributed by atoms with van der Waals surface area (Å²) in [6, 6.07) is 7.68. The van der Waals surface area contributed by atoms with E-state index in [0.29, 0.717) is 31.2 Å². The van der Waals surface area contributed by atoms with Crippen LogP contribution in [0.5, 0.6) is 0 Å². The lowest BCUT2D eigenvalue weighted by Gasteiger charge is -2.38. The maximum atomic E-state index is 12.9. The van der Waals surface area contributed by atoms with Crippen LogP contribution < -0.4 is 4.90 Å². The topological polar surface area (TPSA) is 70.1 Å². The summed E-state index contributed by atoms with van der Waals surface area (Å²) < 4.78 is 5.72. The van der Waals surface area contributed by atoms with Crippen LogP contribution in [0.3, 0.4) is 0 Å². The fourth-order valence-corrected chi connectivity index (χ4v) is 4.56. The number of benzene rings is 1. The molecule has 0 aromatic heterocycles. The number of carboxylic acids is 1. The Morgan fingerprint density at radius 3 is 2.40 bits per heavy atom. The number of carbonyl (C=O) groups excluding carboxylic acids is 1. The van der Waals surface area contributed by atoms with Gasteiger partial charge in [0.25, 0.3) is 0 Å². The maximum Gasteiger partial charge on any atom is 0.310 e. The molecule has 1 aromatic carbocycles. The maximum absolute atomic E-state index is 12.9. The Morgan fingerprint density at radius 1 is 1.08 bits per heavy atom. The standard InChI is InChI=1S/C18H21ClN2O4/c19-11-2-1-3-12(10-11)20-6-8-21(9-7-20)17(22)15-13-4-5-14(25-13)16(15)18(23)24/h1-3,10,13-16H,4-9H2,(H,23,24)/t13-,14-,15-,16-/m1/s1. The van der Waals surface area contributed by atoms with Crippen LogP contribution >= 0.6 is 11.6 Å². The fourth-order valence-electron chi connectivity index (χ4n) is 4.37. The summed E-state index contributed by atoms with van der Waals surface area (Å²) in [6.45, 7) is 2.61. The van der Waals surface area contributed by atoms with Crippen molar-refractivity contribution in [3.63, 3.8) is 0 Å². The van der Waals surface area contributed by atoms with Crippen molar-refractivity contribution in [2.45, 2.75) is 25.0 Å². The zero-order valence-corrected chi connectivity index (χ0v) is 14.6. The first-order valence-electron chi connectivity index (χ1n) is 8.72. The molecule has 1 aromatic rings. The third kappa shape index (κ3) is 2.98. The highest BCUT2D eigenvalue weighted by atomic mass is 35.5. The number of halogens is 1. The molecule has 4 rings (SSSR count). The van der Waals surface area contributed by atoms with Gasteiger partial charge in [0.05, 0.1) is 24.0 Å². The number of piperazine rings is 1. The summed E-state index contributed by atoms with van der Waals surface area (Å²) >= 11 is 6.05. The first kappa shape index (κ1) is 16.7. The average Bonchev–Trinajstić information content (AvgIpc) is 3.22. The minimum atomic E-state index is -0.914. The second-order valence-corrected chi connectivity index (χ2v) is 7.41. The molecule has 0 unspecified atom stereocenters. The Balaban J connectivity index is 1.42. The average molecular weight is 365 g/mol. The largest absolute Gasteiger partial charge is 0.481 e. The number of ether oxygens (including phenoxy) is 1. The molecule has 0 aliphatic carbocycles. The van der Waals surface area contributed by atoms with E-state index in [1.54, 1.807) is 4.90 Å². The minimum Gasteiger partial charge on any atom is -0.481 e. The molecular formula is C18H21ClN2O4. The number of amides is 1. The molecule has 7 heteroatoms. The highest BCUT2D eigenvalue weighted by molar-refractivity contribution is 6.30. The molecule has 6 nitrogen and oxygen atoms in total. The molecule has 4 atom stereocenters. The summed E-state index contributed by atoms with van der Waals surface area (Å²) in [5.74, 6) is -2.21. The minimum absolute atomic E-state index is 0.0645. The zero-order valence-electron chi connectivity index (χ0n) is 13.8. The SMILES string of the molecule is O=C(O)[C@H]1[C@H](C(=O)N2CCN(c3cccc(Cl)c3)CC2)[C@H]2CC[C@H]1O2. The first-order valence-corrected chi connectivity index (χ1v) is 9.10. The Morgan fingerprint density at radius 2 is 1.76 bits per heavy atom. The van der Waals surface area contributed by atoms with Crippen LogP contribution in [0.2, 0.25) is 5.02 Å². The van der Waals surface area contributed by atoms with Gasteiger partial charge in [-0.1, -0.05) is 17.7 Å². The molecule has 134 valence electrons. The van der Waals surface area contributed by atoms with Crippen LogP contribution in [-0.2, 0) is 14.3 Å². The van der Waals surface area contributed by atoms with Gasteiger partial charge in [0.1, 0.15) is 0 Å². The lowest BCUT2D eigenvalue weighted by atomic mass is 9.78. The van der Waals surface area contributed by atoms with Crippen molar-refractivity contribution in [1.82, 2.24) is 4.90 Å². The Kier molecular flexibility index (Phi) is 4.33. The smallest absolute Gasteiger partial charge is 0.310 e. The van der Waals surface area contributed by atoms with Crippen molar-refractivity contribution in [2.24, 2.45) is 11.8 Å². The molecule has 1 amide bonds. The van der Waals surface area contributed by atoms with E-state index in [1.807, 2.05) is 24.3 Å². The van der Waals surface area contributed by atoms with Crippen LogP contribution in [0.4, 0.5) is 5.69 Å². The van der Waals surface area contributed by atoms with Gasteiger partial charge in [0, 0.05) is 36.9 Å². The monoisotopic (exact) mass is 364 g/mol. The normalized spacial score (nSPS) is 31.4. The molecular weight excluding hydrogens is 344 g/mol. The highest BCUT2D eigenvalue weighted by Gasteiger charge is 2.56. The van der Waals surface area contributed by atoms with Gasteiger partial charge in [-0.2, -0.15) is 0 Å². The van der Waals surface area contributed by atoms with Gasteiger partial charge in [-0.05, 0) is 31.0 Å². The van der Waals surface area contributed by atoms with E-state index in [4.69, 9.17) is 16.3 Å². The van der Waals surface area contributed by atoms with E-state index in [0.717, 1.165) is 18.5 Å². The molecule has 25 heavy (non-hydrogen) atoms. The molecule has 1 N–H and O–H groups in total. The van der Waals surface area contributed by atoms with Gasteiger partial charge in [0.15, 0.2) is 0 Å². The van der Waals surface area contributed by atoms with E-state index in [-0.39, 0.29) is 18.1 Å². The number of carbonyl (C=O) groups is 2. The van der Waals surface area contributed by atoms with Crippen molar-refractivity contribution in [2.75, 3.05) is 31.1 Å². The number of hydrogen-bond donors (Lipinski definition) is 1. The predicted octanol–water partition coefficient (Wildman–Crippen LogP) is 1.87. The summed E-state index contributed by atoms with van der Waals surface area (Å²) in [7, 11) is 0.